The molecule has 0 heterocycles. The molecule has 0 rings (SSSR count). The van der Waals surface area contributed by atoms with E-state index in [1.165, 1.54) is 51.4 Å². The second kappa shape index (κ2) is 16.9. The minimum absolute atomic E-state index is 0.529. The van der Waals surface area contributed by atoms with E-state index in [1.807, 2.05) is 0 Å². The molecule has 2 N–H and O–H groups in total. The molecular weight excluding hydrogens is 280 g/mol. The molecule has 0 aliphatic heterocycles. The minimum atomic E-state index is -3.92. The number of ether oxygens (including phenoxy) is 1. The lowest BCUT2D eigenvalue weighted by Gasteiger charge is -2.03. The van der Waals surface area contributed by atoms with Gasteiger partial charge in [0, 0.05) is 13.2 Å². The quantitative estimate of drug-likeness (QED) is 0.427. The van der Waals surface area contributed by atoms with Gasteiger partial charge in [-0.2, -0.15) is 8.42 Å². The molecule has 20 heavy (non-hydrogen) atoms. The van der Waals surface area contributed by atoms with Gasteiger partial charge in [-0.05, 0) is 12.8 Å². The van der Waals surface area contributed by atoms with Gasteiger partial charge in [0.25, 0.3) is 10.1 Å². The van der Waals surface area contributed by atoms with Gasteiger partial charge < -0.3 is 9.84 Å². The third-order valence-corrected chi connectivity index (χ3v) is 3.33. The molecule has 0 amide bonds. The Morgan fingerprint density at radius 1 is 0.850 bits per heavy atom. The molecule has 0 aromatic rings. The van der Waals surface area contributed by atoms with E-state index in [2.05, 4.69) is 13.8 Å². The molecule has 0 fully saturated rings. The summed E-state index contributed by atoms with van der Waals surface area (Å²) < 4.78 is 32.6. The van der Waals surface area contributed by atoms with E-state index in [0.29, 0.717) is 0 Å². The van der Waals surface area contributed by atoms with Crippen molar-refractivity contribution in [3.63, 3.8) is 0 Å². The topological polar surface area (TPSA) is 83.8 Å². The Kier molecular flexibility index (Phi) is 18.7. The van der Waals surface area contributed by atoms with E-state index in [4.69, 9.17) is 14.4 Å². The Morgan fingerprint density at radius 2 is 1.30 bits per heavy atom. The summed E-state index contributed by atoms with van der Waals surface area (Å²) in [6.45, 7) is 5.91. The lowest BCUT2D eigenvalue weighted by molar-refractivity contribution is 0.126. The molecule has 0 spiro atoms. The van der Waals surface area contributed by atoms with Gasteiger partial charge in [-0.3, -0.25) is 4.55 Å². The fourth-order valence-corrected chi connectivity index (χ4v) is 1.71. The fraction of sp³-hybridized carbons (Fsp3) is 1.00. The highest BCUT2D eigenvalue weighted by molar-refractivity contribution is 7.85. The van der Waals surface area contributed by atoms with Gasteiger partial charge in [-0.15, -0.1) is 0 Å². The maximum atomic E-state index is 9.63. The van der Waals surface area contributed by atoms with E-state index >= 15 is 0 Å². The lowest BCUT2D eigenvalue weighted by Crippen LogP contribution is -2.06. The molecule has 6 heteroatoms. The second-order valence-corrected chi connectivity index (χ2v) is 6.32. The summed E-state index contributed by atoms with van der Waals surface area (Å²) in [7, 11) is -3.92. The molecule has 0 bridgehead atoms. The first-order valence-corrected chi connectivity index (χ1v) is 9.22. The standard InChI is InChI=1S/C12H26O.C2H6O4S/c1-3-5-7-9-11-13-12-10-8-6-4-2;3-1-2-7(4,5)6/h3-12H2,1-2H3;3H,1-2H2,(H,4,5,6). The van der Waals surface area contributed by atoms with Crippen LogP contribution in [0.3, 0.4) is 0 Å². The van der Waals surface area contributed by atoms with Gasteiger partial charge in [0.1, 0.15) is 0 Å². The van der Waals surface area contributed by atoms with Crippen LogP contribution in [0.4, 0.5) is 0 Å². The zero-order valence-electron chi connectivity index (χ0n) is 13.0. The van der Waals surface area contributed by atoms with Crippen LogP contribution in [0.25, 0.3) is 0 Å². The van der Waals surface area contributed by atoms with Crippen LogP contribution in [-0.4, -0.2) is 43.7 Å². The molecule has 0 aliphatic carbocycles. The molecule has 0 aliphatic rings. The largest absolute Gasteiger partial charge is 0.395 e. The zero-order valence-corrected chi connectivity index (χ0v) is 13.8. The van der Waals surface area contributed by atoms with Crippen molar-refractivity contribution >= 4 is 10.1 Å². The highest BCUT2D eigenvalue weighted by Gasteiger charge is 1.99. The van der Waals surface area contributed by atoms with Gasteiger partial charge in [0.05, 0.1) is 12.4 Å². The van der Waals surface area contributed by atoms with Gasteiger partial charge in [0.2, 0.25) is 0 Å². The number of hydrogen-bond donors (Lipinski definition) is 2. The van der Waals surface area contributed by atoms with Crippen molar-refractivity contribution in [2.24, 2.45) is 0 Å². The molecule has 0 saturated carbocycles. The number of unbranched alkanes of at least 4 members (excludes halogenated alkanes) is 6. The summed E-state index contributed by atoms with van der Waals surface area (Å²) in [4.78, 5) is 0. The first kappa shape index (κ1) is 22.1. The lowest BCUT2D eigenvalue weighted by atomic mass is 10.2. The summed E-state index contributed by atoms with van der Waals surface area (Å²) >= 11 is 0. The molecule has 124 valence electrons. The summed E-state index contributed by atoms with van der Waals surface area (Å²) in [5.41, 5.74) is 0. The zero-order chi connectivity index (χ0) is 15.7. The third-order valence-electron chi connectivity index (χ3n) is 2.63. The maximum Gasteiger partial charge on any atom is 0.267 e. The minimum Gasteiger partial charge on any atom is -0.395 e. The number of rotatable bonds is 12. The molecule has 5 nitrogen and oxygen atoms in total. The first-order valence-electron chi connectivity index (χ1n) is 7.61. The normalized spacial score (nSPS) is 11.0. The molecule has 0 atom stereocenters. The Morgan fingerprint density at radius 3 is 1.55 bits per heavy atom. The van der Waals surface area contributed by atoms with Crippen LogP contribution < -0.4 is 0 Å². The van der Waals surface area contributed by atoms with E-state index in [-0.39, 0.29) is 0 Å². The summed E-state index contributed by atoms with van der Waals surface area (Å²) in [6.07, 6.45) is 10.5. The highest BCUT2D eigenvalue weighted by Crippen LogP contribution is 2.01. The maximum absolute atomic E-state index is 9.63. The van der Waals surface area contributed by atoms with Crippen molar-refractivity contribution < 1.29 is 22.8 Å². The van der Waals surface area contributed by atoms with Crippen molar-refractivity contribution in [2.45, 2.75) is 65.2 Å². The molecule has 0 unspecified atom stereocenters. The predicted octanol–water partition coefficient (Wildman–Crippen LogP) is 3.03. The average molecular weight is 312 g/mol. The number of hydrogen-bond acceptors (Lipinski definition) is 4. The van der Waals surface area contributed by atoms with Gasteiger partial charge in [-0.1, -0.05) is 52.4 Å². The highest BCUT2D eigenvalue weighted by atomic mass is 32.2. The van der Waals surface area contributed by atoms with Crippen LogP contribution in [0.15, 0.2) is 0 Å². The predicted molar refractivity (Wildman–Crippen MR) is 82.6 cm³/mol. The van der Waals surface area contributed by atoms with Gasteiger partial charge in [-0.25, -0.2) is 0 Å². The van der Waals surface area contributed by atoms with Crippen LogP contribution in [0.1, 0.15) is 65.2 Å². The molecular formula is C14H32O5S. The Balaban J connectivity index is 0. The summed E-state index contributed by atoms with van der Waals surface area (Å²) in [5, 5.41) is 7.86. The van der Waals surface area contributed by atoms with Crippen molar-refractivity contribution in [3.05, 3.63) is 0 Å². The third kappa shape index (κ3) is 26.4. The monoisotopic (exact) mass is 312 g/mol. The van der Waals surface area contributed by atoms with Crippen LogP contribution in [-0.2, 0) is 14.9 Å². The first-order chi connectivity index (χ1) is 9.47. The Labute approximate surface area is 124 Å². The van der Waals surface area contributed by atoms with E-state index in [1.54, 1.807) is 0 Å². The molecule has 0 aromatic heterocycles. The Bertz CT molecular complexity index is 255. The van der Waals surface area contributed by atoms with Gasteiger partial charge in [0.15, 0.2) is 0 Å². The van der Waals surface area contributed by atoms with Crippen LogP contribution in [0, 0.1) is 0 Å². The Hall–Kier alpha value is -0.170. The van der Waals surface area contributed by atoms with Crippen molar-refractivity contribution in [1.29, 1.82) is 0 Å². The molecule has 0 aromatic carbocycles. The second-order valence-electron chi connectivity index (χ2n) is 4.74. The van der Waals surface area contributed by atoms with Crippen LogP contribution >= 0.6 is 0 Å². The van der Waals surface area contributed by atoms with Crippen LogP contribution in [0.5, 0.6) is 0 Å². The van der Waals surface area contributed by atoms with Crippen LogP contribution in [0.2, 0.25) is 0 Å². The summed E-state index contributed by atoms with van der Waals surface area (Å²) in [5.74, 6) is -0.576. The van der Waals surface area contributed by atoms with Crippen molar-refractivity contribution in [2.75, 3.05) is 25.6 Å². The van der Waals surface area contributed by atoms with Gasteiger partial charge >= 0.3 is 0 Å². The SMILES string of the molecule is CCCCCCOCCCCCC.O=S(=O)(O)CCO. The van der Waals surface area contributed by atoms with E-state index < -0.39 is 22.5 Å². The number of aliphatic hydroxyl groups excluding tert-OH is 1. The average Bonchev–Trinajstić information content (AvgIpc) is 2.36. The smallest absolute Gasteiger partial charge is 0.267 e. The molecule has 0 saturated heterocycles. The number of aliphatic hydroxyl groups is 1. The van der Waals surface area contributed by atoms with Crippen molar-refractivity contribution in [3.8, 4) is 0 Å². The molecule has 0 radical (unpaired) electrons. The van der Waals surface area contributed by atoms with E-state index in [0.717, 1.165) is 13.2 Å². The van der Waals surface area contributed by atoms with Crippen molar-refractivity contribution in [1.82, 2.24) is 0 Å². The fourth-order valence-electron chi connectivity index (χ4n) is 1.48. The summed E-state index contributed by atoms with van der Waals surface area (Å²) in [6, 6.07) is 0. The van der Waals surface area contributed by atoms with E-state index in [9.17, 15) is 8.42 Å².